The van der Waals surface area contributed by atoms with Crippen molar-refractivity contribution in [2.75, 3.05) is 0 Å². The van der Waals surface area contributed by atoms with Gasteiger partial charge in [0.1, 0.15) is 12.2 Å². The molecule has 0 saturated heterocycles. The quantitative estimate of drug-likeness (QED) is 0.506. The van der Waals surface area contributed by atoms with E-state index in [1.54, 1.807) is 6.33 Å². The molecule has 1 aliphatic rings. The van der Waals surface area contributed by atoms with Gasteiger partial charge in [0.25, 0.3) is 0 Å². The number of rotatable bonds is 0. The summed E-state index contributed by atoms with van der Waals surface area (Å²) >= 11 is 0. The lowest BCUT2D eigenvalue weighted by Crippen LogP contribution is -2.11. The average Bonchev–Trinajstić information content (AvgIpc) is 2.33. The van der Waals surface area contributed by atoms with Crippen molar-refractivity contribution in [2.24, 2.45) is 0 Å². The summed E-state index contributed by atoms with van der Waals surface area (Å²) < 4.78 is 1.99. The van der Waals surface area contributed by atoms with E-state index in [1.807, 2.05) is 4.68 Å². The molecule has 0 spiro atoms. The summed E-state index contributed by atoms with van der Waals surface area (Å²) in [5, 5.41) is 4.06. The number of aryl methyl sites for hydroxylation is 2. The van der Waals surface area contributed by atoms with Crippen molar-refractivity contribution >= 4 is 0 Å². The van der Waals surface area contributed by atoms with Crippen LogP contribution in [0.1, 0.15) is 18.7 Å². The van der Waals surface area contributed by atoms with Crippen molar-refractivity contribution in [3.63, 3.8) is 0 Å². The maximum absolute atomic E-state index is 4.11. The Kier molecular flexibility index (Phi) is 1.01. The molecule has 0 N–H and O–H groups in total. The fraction of sp³-hybridized carbons (Fsp3) is 0.667. The third-order valence-corrected chi connectivity index (χ3v) is 1.72. The Morgan fingerprint density at radius 2 is 2.44 bits per heavy atom. The third kappa shape index (κ3) is 0.724. The molecule has 0 aromatic carbocycles. The second-order valence-electron chi connectivity index (χ2n) is 2.36. The monoisotopic (exact) mass is 123 g/mol. The highest BCUT2D eigenvalue weighted by Crippen LogP contribution is 2.08. The van der Waals surface area contributed by atoms with E-state index in [4.69, 9.17) is 0 Å². The SMILES string of the molecule is c1nc2n(n1)CCCC2. The Balaban J connectivity index is 2.39. The van der Waals surface area contributed by atoms with E-state index in [2.05, 4.69) is 10.1 Å². The highest BCUT2D eigenvalue weighted by Gasteiger charge is 2.07. The number of fused-ring (bicyclic) bond motifs is 1. The zero-order valence-corrected chi connectivity index (χ0v) is 5.25. The molecular weight excluding hydrogens is 114 g/mol. The van der Waals surface area contributed by atoms with Gasteiger partial charge in [-0.3, -0.25) is 4.68 Å². The fourth-order valence-electron chi connectivity index (χ4n) is 1.21. The fourth-order valence-corrected chi connectivity index (χ4v) is 1.21. The molecule has 3 heteroatoms. The first-order chi connectivity index (χ1) is 4.47. The molecule has 0 bridgehead atoms. The predicted molar refractivity (Wildman–Crippen MR) is 33.0 cm³/mol. The van der Waals surface area contributed by atoms with Crippen molar-refractivity contribution in [3.8, 4) is 0 Å². The van der Waals surface area contributed by atoms with Gasteiger partial charge in [-0.05, 0) is 12.8 Å². The first-order valence-electron chi connectivity index (χ1n) is 3.33. The number of hydrogen-bond acceptors (Lipinski definition) is 2. The van der Waals surface area contributed by atoms with Gasteiger partial charge in [-0.1, -0.05) is 0 Å². The van der Waals surface area contributed by atoms with Crippen LogP contribution < -0.4 is 0 Å². The molecule has 9 heavy (non-hydrogen) atoms. The van der Waals surface area contributed by atoms with E-state index in [0.717, 1.165) is 18.8 Å². The molecule has 0 amide bonds. The summed E-state index contributed by atoms with van der Waals surface area (Å²) in [7, 11) is 0. The van der Waals surface area contributed by atoms with Gasteiger partial charge in [-0.25, -0.2) is 4.98 Å². The van der Waals surface area contributed by atoms with Gasteiger partial charge in [0.15, 0.2) is 0 Å². The minimum absolute atomic E-state index is 1.06. The van der Waals surface area contributed by atoms with E-state index >= 15 is 0 Å². The third-order valence-electron chi connectivity index (χ3n) is 1.72. The van der Waals surface area contributed by atoms with Gasteiger partial charge in [-0.2, -0.15) is 5.10 Å². The summed E-state index contributed by atoms with van der Waals surface area (Å²) in [5.74, 6) is 1.15. The molecule has 1 aliphatic heterocycles. The highest BCUT2D eigenvalue weighted by atomic mass is 15.3. The molecule has 0 fully saturated rings. The molecule has 3 nitrogen and oxygen atoms in total. The van der Waals surface area contributed by atoms with Crippen molar-refractivity contribution in [1.29, 1.82) is 0 Å². The van der Waals surface area contributed by atoms with Crippen LogP contribution in [0.15, 0.2) is 6.33 Å². The van der Waals surface area contributed by atoms with Crippen LogP contribution >= 0.6 is 0 Å². The number of aromatic nitrogens is 3. The molecule has 0 unspecified atom stereocenters. The second kappa shape index (κ2) is 1.83. The van der Waals surface area contributed by atoms with Crippen molar-refractivity contribution in [2.45, 2.75) is 25.8 Å². The zero-order chi connectivity index (χ0) is 6.10. The minimum Gasteiger partial charge on any atom is -0.250 e. The summed E-state index contributed by atoms with van der Waals surface area (Å²) in [6, 6.07) is 0. The molecule has 2 rings (SSSR count). The lowest BCUT2D eigenvalue weighted by molar-refractivity contribution is 0.479. The van der Waals surface area contributed by atoms with Crippen LogP contribution in [0.3, 0.4) is 0 Å². The molecule has 0 atom stereocenters. The van der Waals surface area contributed by atoms with Gasteiger partial charge in [0.2, 0.25) is 0 Å². The van der Waals surface area contributed by atoms with Crippen LogP contribution in [-0.4, -0.2) is 14.8 Å². The van der Waals surface area contributed by atoms with E-state index in [9.17, 15) is 0 Å². The van der Waals surface area contributed by atoms with E-state index in [1.165, 1.54) is 12.8 Å². The second-order valence-corrected chi connectivity index (χ2v) is 2.36. The molecule has 0 aliphatic carbocycles. The van der Waals surface area contributed by atoms with Crippen LogP contribution in [0.4, 0.5) is 0 Å². The van der Waals surface area contributed by atoms with Crippen LogP contribution in [0, 0.1) is 0 Å². The Morgan fingerprint density at radius 1 is 1.44 bits per heavy atom. The zero-order valence-electron chi connectivity index (χ0n) is 5.25. The Morgan fingerprint density at radius 3 is 3.33 bits per heavy atom. The van der Waals surface area contributed by atoms with E-state index in [-0.39, 0.29) is 0 Å². The van der Waals surface area contributed by atoms with Gasteiger partial charge < -0.3 is 0 Å². The Labute approximate surface area is 53.7 Å². The molecule has 1 aromatic heterocycles. The summed E-state index contributed by atoms with van der Waals surface area (Å²) in [4.78, 5) is 4.11. The van der Waals surface area contributed by atoms with Gasteiger partial charge >= 0.3 is 0 Å². The van der Waals surface area contributed by atoms with Gasteiger partial charge in [0.05, 0.1) is 0 Å². The first kappa shape index (κ1) is 4.97. The van der Waals surface area contributed by atoms with Crippen LogP contribution in [-0.2, 0) is 13.0 Å². The topological polar surface area (TPSA) is 30.7 Å². The van der Waals surface area contributed by atoms with Crippen molar-refractivity contribution in [3.05, 3.63) is 12.2 Å². The van der Waals surface area contributed by atoms with Crippen LogP contribution in [0.25, 0.3) is 0 Å². The Bertz CT molecular complexity index is 183. The number of nitrogens with zero attached hydrogens (tertiary/aromatic N) is 3. The van der Waals surface area contributed by atoms with Crippen LogP contribution in [0.5, 0.6) is 0 Å². The lowest BCUT2D eigenvalue weighted by Gasteiger charge is -2.09. The standard InChI is InChI=1S/C6H9N3/c1-2-4-9-6(3-1)7-5-8-9/h5H,1-4H2. The average molecular weight is 123 g/mol. The lowest BCUT2D eigenvalue weighted by atomic mass is 10.2. The minimum atomic E-state index is 1.06. The van der Waals surface area contributed by atoms with E-state index in [0.29, 0.717) is 0 Å². The molecule has 0 saturated carbocycles. The smallest absolute Gasteiger partial charge is 0.138 e. The summed E-state index contributed by atoms with van der Waals surface area (Å²) in [6.45, 7) is 1.06. The molecule has 1 aromatic rings. The molecule has 0 radical (unpaired) electrons. The normalized spacial score (nSPS) is 17.3. The highest BCUT2D eigenvalue weighted by molar-refractivity contribution is 4.87. The molecule has 48 valence electrons. The van der Waals surface area contributed by atoms with Crippen LogP contribution in [0.2, 0.25) is 0 Å². The summed E-state index contributed by atoms with van der Waals surface area (Å²) in [5.41, 5.74) is 0. The molecular formula is C6H9N3. The maximum Gasteiger partial charge on any atom is 0.138 e. The van der Waals surface area contributed by atoms with Gasteiger partial charge in [0, 0.05) is 13.0 Å². The summed E-state index contributed by atoms with van der Waals surface area (Å²) in [6.07, 6.45) is 5.29. The van der Waals surface area contributed by atoms with Crippen molar-refractivity contribution < 1.29 is 0 Å². The number of hydrogen-bond donors (Lipinski definition) is 0. The predicted octanol–water partition coefficient (Wildman–Crippen LogP) is 0.614. The first-order valence-corrected chi connectivity index (χ1v) is 3.33. The Hall–Kier alpha value is -0.860. The van der Waals surface area contributed by atoms with Crippen molar-refractivity contribution in [1.82, 2.24) is 14.8 Å². The largest absolute Gasteiger partial charge is 0.250 e. The maximum atomic E-state index is 4.11. The molecule has 2 heterocycles. The van der Waals surface area contributed by atoms with Gasteiger partial charge in [-0.15, -0.1) is 0 Å². The van der Waals surface area contributed by atoms with E-state index < -0.39 is 0 Å².